The zero-order valence-corrected chi connectivity index (χ0v) is 11.6. The highest BCUT2D eigenvalue weighted by Crippen LogP contribution is 2.06. The van der Waals surface area contributed by atoms with Crippen LogP contribution in [0.25, 0.3) is 0 Å². The van der Waals surface area contributed by atoms with Crippen molar-refractivity contribution in [2.45, 2.75) is 33.2 Å². The van der Waals surface area contributed by atoms with Crippen LogP contribution in [-0.4, -0.2) is 24.5 Å². The second kappa shape index (κ2) is 7.75. The molecule has 100 valence electrons. The highest BCUT2D eigenvalue weighted by Gasteiger charge is 2.10. The summed E-state index contributed by atoms with van der Waals surface area (Å²) >= 11 is 0. The zero-order valence-electron chi connectivity index (χ0n) is 11.6. The van der Waals surface area contributed by atoms with E-state index in [1.54, 1.807) is 4.90 Å². The molecule has 0 saturated heterocycles. The first-order valence-electron chi connectivity index (χ1n) is 6.70. The van der Waals surface area contributed by atoms with Gasteiger partial charge in [-0.15, -0.1) is 0 Å². The summed E-state index contributed by atoms with van der Waals surface area (Å²) in [6, 6.07) is 10.0. The molecule has 3 heteroatoms. The SMILES string of the molecule is CCC(CC)CNC(=O)N(C)Cc1ccccc1. The van der Waals surface area contributed by atoms with Gasteiger partial charge in [0.25, 0.3) is 0 Å². The van der Waals surface area contributed by atoms with Crippen molar-refractivity contribution in [1.82, 2.24) is 10.2 Å². The Kier molecular flexibility index (Phi) is 6.26. The number of nitrogens with zero attached hydrogens (tertiary/aromatic N) is 1. The Balaban J connectivity index is 2.37. The third kappa shape index (κ3) is 4.78. The molecule has 0 fully saturated rings. The lowest BCUT2D eigenvalue weighted by Gasteiger charge is -2.20. The normalized spacial score (nSPS) is 10.4. The number of carbonyl (C=O) groups is 1. The van der Waals surface area contributed by atoms with E-state index in [0.29, 0.717) is 12.5 Å². The van der Waals surface area contributed by atoms with Gasteiger partial charge < -0.3 is 10.2 Å². The number of benzene rings is 1. The van der Waals surface area contributed by atoms with Gasteiger partial charge >= 0.3 is 6.03 Å². The van der Waals surface area contributed by atoms with Crippen LogP contribution in [0.15, 0.2) is 30.3 Å². The van der Waals surface area contributed by atoms with Crippen LogP contribution in [0.1, 0.15) is 32.3 Å². The maximum absolute atomic E-state index is 11.9. The van der Waals surface area contributed by atoms with Crippen LogP contribution in [0.3, 0.4) is 0 Å². The molecule has 18 heavy (non-hydrogen) atoms. The van der Waals surface area contributed by atoms with E-state index in [4.69, 9.17) is 0 Å². The molecule has 0 aliphatic heterocycles. The molecule has 0 aliphatic rings. The van der Waals surface area contributed by atoms with Crippen LogP contribution in [0.5, 0.6) is 0 Å². The van der Waals surface area contributed by atoms with Crippen LogP contribution >= 0.6 is 0 Å². The Morgan fingerprint density at radius 2 is 1.83 bits per heavy atom. The van der Waals surface area contributed by atoms with Crippen LogP contribution in [-0.2, 0) is 6.54 Å². The average molecular weight is 248 g/mol. The molecule has 2 amide bonds. The summed E-state index contributed by atoms with van der Waals surface area (Å²) in [6.07, 6.45) is 2.22. The van der Waals surface area contributed by atoms with Crippen molar-refractivity contribution in [1.29, 1.82) is 0 Å². The fourth-order valence-corrected chi connectivity index (χ4v) is 1.87. The molecule has 1 aromatic rings. The maximum atomic E-state index is 11.9. The summed E-state index contributed by atoms with van der Waals surface area (Å²) in [5.74, 6) is 0.582. The summed E-state index contributed by atoms with van der Waals surface area (Å²) in [7, 11) is 1.83. The van der Waals surface area contributed by atoms with Crippen molar-refractivity contribution in [3.05, 3.63) is 35.9 Å². The van der Waals surface area contributed by atoms with E-state index in [0.717, 1.165) is 24.9 Å². The molecule has 0 spiro atoms. The van der Waals surface area contributed by atoms with Gasteiger partial charge in [0, 0.05) is 20.1 Å². The topological polar surface area (TPSA) is 32.3 Å². The number of amides is 2. The minimum Gasteiger partial charge on any atom is -0.338 e. The minimum absolute atomic E-state index is 0.00533. The van der Waals surface area contributed by atoms with E-state index in [1.807, 2.05) is 37.4 Å². The highest BCUT2D eigenvalue weighted by molar-refractivity contribution is 5.73. The predicted octanol–water partition coefficient (Wildman–Crippen LogP) is 3.26. The van der Waals surface area contributed by atoms with Gasteiger partial charge in [-0.25, -0.2) is 4.79 Å². The second-order valence-electron chi connectivity index (χ2n) is 4.71. The van der Waals surface area contributed by atoms with E-state index in [2.05, 4.69) is 19.2 Å². The third-order valence-electron chi connectivity index (χ3n) is 3.31. The Hall–Kier alpha value is -1.51. The van der Waals surface area contributed by atoms with E-state index >= 15 is 0 Å². The quantitative estimate of drug-likeness (QED) is 0.823. The van der Waals surface area contributed by atoms with Crippen molar-refractivity contribution in [2.24, 2.45) is 5.92 Å². The van der Waals surface area contributed by atoms with Crippen LogP contribution in [0.2, 0.25) is 0 Å². The number of rotatable bonds is 6. The fraction of sp³-hybridized carbons (Fsp3) is 0.533. The molecular weight excluding hydrogens is 224 g/mol. The maximum Gasteiger partial charge on any atom is 0.317 e. The molecule has 0 radical (unpaired) electrons. The van der Waals surface area contributed by atoms with Crippen molar-refractivity contribution >= 4 is 6.03 Å². The van der Waals surface area contributed by atoms with Crippen LogP contribution in [0, 0.1) is 5.92 Å². The molecule has 1 aromatic carbocycles. The first-order valence-corrected chi connectivity index (χ1v) is 6.70. The van der Waals surface area contributed by atoms with E-state index < -0.39 is 0 Å². The Labute approximate surface area is 110 Å². The first-order chi connectivity index (χ1) is 8.67. The summed E-state index contributed by atoms with van der Waals surface area (Å²) in [5, 5.41) is 2.99. The average Bonchev–Trinajstić information content (AvgIpc) is 2.40. The summed E-state index contributed by atoms with van der Waals surface area (Å²) in [5.41, 5.74) is 1.15. The Bertz CT molecular complexity index is 347. The molecule has 1 N–H and O–H groups in total. The molecule has 0 aliphatic carbocycles. The Morgan fingerprint density at radius 1 is 1.22 bits per heavy atom. The molecule has 0 unspecified atom stereocenters. The zero-order chi connectivity index (χ0) is 13.4. The van der Waals surface area contributed by atoms with Crippen molar-refractivity contribution in [3.63, 3.8) is 0 Å². The first kappa shape index (κ1) is 14.6. The molecule has 1 rings (SSSR count). The number of hydrogen-bond donors (Lipinski definition) is 1. The number of carbonyl (C=O) groups excluding carboxylic acids is 1. The molecule has 0 heterocycles. The molecule has 3 nitrogen and oxygen atoms in total. The molecular formula is C15H24N2O. The van der Waals surface area contributed by atoms with Gasteiger partial charge in [-0.2, -0.15) is 0 Å². The standard InChI is InChI=1S/C15H24N2O/c1-4-13(5-2)11-16-15(18)17(3)12-14-9-7-6-8-10-14/h6-10,13H,4-5,11-12H2,1-3H3,(H,16,18). The molecule has 0 atom stereocenters. The van der Waals surface area contributed by atoms with Gasteiger partial charge in [0.1, 0.15) is 0 Å². The van der Waals surface area contributed by atoms with E-state index in [-0.39, 0.29) is 6.03 Å². The lowest BCUT2D eigenvalue weighted by Crippen LogP contribution is -2.39. The fourth-order valence-electron chi connectivity index (χ4n) is 1.87. The van der Waals surface area contributed by atoms with E-state index in [1.165, 1.54) is 0 Å². The summed E-state index contributed by atoms with van der Waals surface area (Å²) < 4.78 is 0. The second-order valence-corrected chi connectivity index (χ2v) is 4.71. The predicted molar refractivity (Wildman–Crippen MR) is 75.4 cm³/mol. The minimum atomic E-state index is 0.00533. The Morgan fingerprint density at radius 3 is 2.39 bits per heavy atom. The monoisotopic (exact) mass is 248 g/mol. The number of urea groups is 1. The third-order valence-corrected chi connectivity index (χ3v) is 3.31. The largest absolute Gasteiger partial charge is 0.338 e. The summed E-state index contributed by atoms with van der Waals surface area (Å²) in [6.45, 7) is 5.74. The van der Waals surface area contributed by atoms with E-state index in [9.17, 15) is 4.79 Å². The molecule has 0 saturated carbocycles. The van der Waals surface area contributed by atoms with Crippen LogP contribution in [0.4, 0.5) is 4.79 Å². The van der Waals surface area contributed by atoms with Crippen molar-refractivity contribution < 1.29 is 4.79 Å². The number of hydrogen-bond acceptors (Lipinski definition) is 1. The lowest BCUT2D eigenvalue weighted by atomic mass is 10.0. The summed E-state index contributed by atoms with van der Waals surface area (Å²) in [4.78, 5) is 13.6. The smallest absolute Gasteiger partial charge is 0.317 e. The van der Waals surface area contributed by atoms with Gasteiger partial charge in [0.15, 0.2) is 0 Å². The highest BCUT2D eigenvalue weighted by atomic mass is 16.2. The van der Waals surface area contributed by atoms with Gasteiger partial charge in [0.05, 0.1) is 0 Å². The lowest BCUT2D eigenvalue weighted by molar-refractivity contribution is 0.204. The van der Waals surface area contributed by atoms with Gasteiger partial charge in [0.2, 0.25) is 0 Å². The van der Waals surface area contributed by atoms with Gasteiger partial charge in [-0.1, -0.05) is 57.0 Å². The number of nitrogens with one attached hydrogen (secondary N) is 1. The molecule has 0 bridgehead atoms. The van der Waals surface area contributed by atoms with Crippen molar-refractivity contribution in [3.8, 4) is 0 Å². The van der Waals surface area contributed by atoms with Crippen molar-refractivity contribution in [2.75, 3.05) is 13.6 Å². The molecule has 0 aromatic heterocycles. The van der Waals surface area contributed by atoms with Crippen LogP contribution < -0.4 is 5.32 Å². The van der Waals surface area contributed by atoms with Gasteiger partial charge in [-0.05, 0) is 11.5 Å². The van der Waals surface area contributed by atoms with Gasteiger partial charge in [-0.3, -0.25) is 0 Å².